The average molecular weight is 471 g/mol. The van der Waals surface area contributed by atoms with Gasteiger partial charge in [0.2, 0.25) is 11.8 Å². The highest BCUT2D eigenvalue weighted by atomic mass is 32.1. The van der Waals surface area contributed by atoms with Crippen LogP contribution in [-0.4, -0.2) is 18.9 Å². The minimum Gasteiger partial charge on any atom is -0.497 e. The zero-order chi connectivity index (χ0) is 23.8. The lowest BCUT2D eigenvalue weighted by atomic mass is 10.0. The Kier molecular flexibility index (Phi) is 7.73. The Morgan fingerprint density at radius 2 is 1.56 bits per heavy atom. The predicted octanol–water partition coefficient (Wildman–Crippen LogP) is 5.39. The van der Waals surface area contributed by atoms with Crippen LogP contribution in [0.25, 0.3) is 0 Å². The first-order chi connectivity index (χ1) is 16.7. The standard InChI is InChI=1S/C28H26N2O3S/c1-33-24-16-14-21(15-17-24)20-29-28(32)27(22-9-4-2-5-10-22)30(23-11-6-3-7-12-23)26(31)19-25-13-8-18-34-25/h2-18,27H,19-20H2,1H3,(H,29,32)/t27-/m1/s1. The Labute approximate surface area is 203 Å². The fourth-order valence-electron chi connectivity index (χ4n) is 3.76. The van der Waals surface area contributed by atoms with Crippen molar-refractivity contribution in [2.75, 3.05) is 12.0 Å². The van der Waals surface area contributed by atoms with Crippen molar-refractivity contribution in [3.8, 4) is 5.75 Å². The SMILES string of the molecule is COc1ccc(CNC(=O)[C@@H](c2ccccc2)N(C(=O)Cc2cccs2)c2ccccc2)cc1. The summed E-state index contributed by atoms with van der Waals surface area (Å²) in [5.41, 5.74) is 2.37. The number of methoxy groups -OCH3 is 1. The molecule has 1 atom stereocenters. The molecule has 2 amide bonds. The predicted molar refractivity (Wildman–Crippen MR) is 136 cm³/mol. The Morgan fingerprint density at radius 3 is 2.18 bits per heavy atom. The largest absolute Gasteiger partial charge is 0.497 e. The first-order valence-electron chi connectivity index (χ1n) is 11.0. The highest BCUT2D eigenvalue weighted by Crippen LogP contribution is 2.29. The van der Waals surface area contributed by atoms with Gasteiger partial charge in [0, 0.05) is 17.1 Å². The molecule has 6 heteroatoms. The van der Waals surface area contributed by atoms with Crippen LogP contribution in [0.1, 0.15) is 22.0 Å². The summed E-state index contributed by atoms with van der Waals surface area (Å²) in [6.07, 6.45) is 0.224. The third-order valence-corrected chi connectivity index (χ3v) is 6.33. The van der Waals surface area contributed by atoms with E-state index in [1.54, 1.807) is 12.0 Å². The van der Waals surface area contributed by atoms with Crippen molar-refractivity contribution in [3.63, 3.8) is 0 Å². The summed E-state index contributed by atoms with van der Waals surface area (Å²) < 4.78 is 5.21. The van der Waals surface area contributed by atoms with Gasteiger partial charge in [-0.05, 0) is 46.8 Å². The third kappa shape index (κ3) is 5.71. The number of amides is 2. The molecule has 172 valence electrons. The Hall–Kier alpha value is -3.90. The molecule has 0 saturated heterocycles. The van der Waals surface area contributed by atoms with Crippen LogP contribution in [0, 0.1) is 0 Å². The van der Waals surface area contributed by atoms with Gasteiger partial charge in [-0.15, -0.1) is 11.3 Å². The number of nitrogens with one attached hydrogen (secondary N) is 1. The van der Waals surface area contributed by atoms with Crippen LogP contribution >= 0.6 is 11.3 Å². The van der Waals surface area contributed by atoms with E-state index in [1.807, 2.05) is 102 Å². The number of anilines is 1. The normalized spacial score (nSPS) is 11.4. The number of hydrogen-bond acceptors (Lipinski definition) is 4. The van der Waals surface area contributed by atoms with E-state index in [-0.39, 0.29) is 18.2 Å². The van der Waals surface area contributed by atoms with Crippen LogP contribution < -0.4 is 15.0 Å². The van der Waals surface area contributed by atoms with Gasteiger partial charge in [0.05, 0.1) is 13.5 Å². The van der Waals surface area contributed by atoms with E-state index in [0.717, 1.165) is 21.8 Å². The molecule has 0 fully saturated rings. The quantitative estimate of drug-likeness (QED) is 0.357. The minimum absolute atomic E-state index is 0.137. The van der Waals surface area contributed by atoms with Gasteiger partial charge >= 0.3 is 0 Å². The summed E-state index contributed by atoms with van der Waals surface area (Å²) in [5.74, 6) is 0.374. The van der Waals surface area contributed by atoms with Gasteiger partial charge in [0.15, 0.2) is 0 Å². The molecule has 1 N–H and O–H groups in total. The maximum absolute atomic E-state index is 13.6. The molecule has 3 aromatic carbocycles. The number of ether oxygens (including phenoxy) is 1. The zero-order valence-corrected chi connectivity index (χ0v) is 19.7. The lowest BCUT2D eigenvalue weighted by Crippen LogP contribution is -2.44. The molecule has 4 aromatic rings. The number of carbonyl (C=O) groups excluding carboxylic acids is 2. The highest BCUT2D eigenvalue weighted by Gasteiger charge is 2.32. The molecule has 4 rings (SSSR count). The fraction of sp³-hybridized carbons (Fsp3) is 0.143. The number of benzene rings is 3. The summed E-state index contributed by atoms with van der Waals surface area (Å²) in [6, 6.07) is 29.4. The van der Waals surface area contributed by atoms with E-state index in [0.29, 0.717) is 12.2 Å². The Morgan fingerprint density at radius 1 is 0.882 bits per heavy atom. The number of hydrogen-bond donors (Lipinski definition) is 1. The molecule has 34 heavy (non-hydrogen) atoms. The maximum Gasteiger partial charge on any atom is 0.248 e. The second kappa shape index (κ2) is 11.3. The first kappa shape index (κ1) is 23.3. The molecule has 0 aliphatic carbocycles. The Balaban J connectivity index is 1.65. The van der Waals surface area contributed by atoms with E-state index in [4.69, 9.17) is 4.74 Å². The topological polar surface area (TPSA) is 58.6 Å². The lowest BCUT2D eigenvalue weighted by Gasteiger charge is -2.31. The molecule has 1 heterocycles. The molecule has 0 radical (unpaired) electrons. The minimum atomic E-state index is -0.811. The molecule has 0 unspecified atom stereocenters. The molecule has 0 aliphatic heterocycles. The van der Waals surface area contributed by atoms with Gasteiger partial charge in [-0.1, -0.05) is 66.7 Å². The molecule has 0 saturated carbocycles. The van der Waals surface area contributed by atoms with Crippen molar-refractivity contribution < 1.29 is 14.3 Å². The van der Waals surface area contributed by atoms with Crippen LogP contribution in [0.4, 0.5) is 5.69 Å². The molecular weight excluding hydrogens is 444 g/mol. The second-order valence-electron chi connectivity index (χ2n) is 7.73. The first-order valence-corrected chi connectivity index (χ1v) is 11.9. The van der Waals surface area contributed by atoms with Crippen molar-refractivity contribution in [1.82, 2.24) is 5.32 Å². The highest BCUT2D eigenvalue weighted by molar-refractivity contribution is 7.10. The molecular formula is C28H26N2O3S. The van der Waals surface area contributed by atoms with Gasteiger partial charge in [-0.3, -0.25) is 14.5 Å². The van der Waals surface area contributed by atoms with Crippen molar-refractivity contribution >= 4 is 28.8 Å². The summed E-state index contributed by atoms with van der Waals surface area (Å²) in [7, 11) is 1.62. The van der Waals surface area contributed by atoms with Crippen LogP contribution in [0.5, 0.6) is 5.75 Å². The van der Waals surface area contributed by atoms with Gasteiger partial charge in [0.25, 0.3) is 0 Å². The van der Waals surface area contributed by atoms with Gasteiger partial charge < -0.3 is 10.1 Å². The van der Waals surface area contributed by atoms with Gasteiger partial charge in [-0.2, -0.15) is 0 Å². The van der Waals surface area contributed by atoms with E-state index >= 15 is 0 Å². The third-order valence-electron chi connectivity index (χ3n) is 5.46. The molecule has 0 aliphatic rings. The molecule has 0 bridgehead atoms. The van der Waals surface area contributed by atoms with Crippen molar-refractivity contribution in [3.05, 3.63) is 118 Å². The van der Waals surface area contributed by atoms with Crippen LogP contribution in [0.15, 0.2) is 102 Å². The monoisotopic (exact) mass is 470 g/mol. The van der Waals surface area contributed by atoms with Crippen molar-refractivity contribution in [1.29, 1.82) is 0 Å². The molecule has 1 aromatic heterocycles. The van der Waals surface area contributed by atoms with Gasteiger partial charge in [0.1, 0.15) is 11.8 Å². The van der Waals surface area contributed by atoms with Crippen LogP contribution in [-0.2, 0) is 22.6 Å². The summed E-state index contributed by atoms with van der Waals surface area (Å²) in [6.45, 7) is 0.341. The summed E-state index contributed by atoms with van der Waals surface area (Å²) in [5, 5.41) is 4.98. The molecule has 5 nitrogen and oxygen atoms in total. The van der Waals surface area contributed by atoms with Crippen molar-refractivity contribution in [2.24, 2.45) is 0 Å². The fourth-order valence-corrected chi connectivity index (χ4v) is 4.45. The van der Waals surface area contributed by atoms with Crippen LogP contribution in [0.2, 0.25) is 0 Å². The zero-order valence-electron chi connectivity index (χ0n) is 18.9. The molecule has 0 spiro atoms. The number of carbonyl (C=O) groups is 2. The van der Waals surface area contributed by atoms with Crippen LogP contribution in [0.3, 0.4) is 0 Å². The maximum atomic E-state index is 13.6. The second-order valence-corrected chi connectivity index (χ2v) is 8.77. The summed E-state index contributed by atoms with van der Waals surface area (Å²) in [4.78, 5) is 29.8. The average Bonchev–Trinajstić information content (AvgIpc) is 3.40. The van der Waals surface area contributed by atoms with E-state index in [9.17, 15) is 9.59 Å². The van der Waals surface area contributed by atoms with Gasteiger partial charge in [-0.25, -0.2) is 0 Å². The summed E-state index contributed by atoms with van der Waals surface area (Å²) >= 11 is 1.53. The number of thiophene rings is 1. The number of para-hydroxylation sites is 1. The van der Waals surface area contributed by atoms with E-state index < -0.39 is 6.04 Å². The van der Waals surface area contributed by atoms with Crippen molar-refractivity contribution in [2.45, 2.75) is 19.0 Å². The number of rotatable bonds is 9. The smallest absolute Gasteiger partial charge is 0.248 e. The Bertz CT molecular complexity index is 1190. The number of nitrogens with zero attached hydrogens (tertiary/aromatic N) is 1. The van der Waals surface area contributed by atoms with E-state index in [1.165, 1.54) is 11.3 Å². The lowest BCUT2D eigenvalue weighted by molar-refractivity contribution is -0.126. The van der Waals surface area contributed by atoms with E-state index in [2.05, 4.69) is 5.32 Å².